The van der Waals surface area contributed by atoms with Crippen molar-refractivity contribution >= 4 is 21.8 Å². The number of hydrogen-bond acceptors (Lipinski definition) is 6. The standard InChI is InChI=1S/C12H19N3O4S/c1-3-15-20(17,18)8-7-13-11-6-5-10(9-14-11)12(16)19-4-2/h5-6,9,15H,3-4,7-8H2,1-2H3,(H,13,14). The van der Waals surface area contributed by atoms with E-state index in [1.165, 1.54) is 6.20 Å². The Labute approximate surface area is 118 Å². The van der Waals surface area contributed by atoms with E-state index >= 15 is 0 Å². The van der Waals surface area contributed by atoms with Crippen molar-refractivity contribution in [1.82, 2.24) is 9.71 Å². The van der Waals surface area contributed by atoms with E-state index in [4.69, 9.17) is 4.74 Å². The lowest BCUT2D eigenvalue weighted by molar-refractivity contribution is 0.0526. The summed E-state index contributed by atoms with van der Waals surface area (Å²) >= 11 is 0. The van der Waals surface area contributed by atoms with E-state index in [0.29, 0.717) is 24.5 Å². The van der Waals surface area contributed by atoms with Gasteiger partial charge in [-0.25, -0.2) is 22.9 Å². The quantitative estimate of drug-likeness (QED) is 0.683. The summed E-state index contributed by atoms with van der Waals surface area (Å²) in [7, 11) is -3.25. The zero-order valence-corrected chi connectivity index (χ0v) is 12.4. The monoisotopic (exact) mass is 301 g/mol. The molecule has 1 aromatic rings. The van der Waals surface area contributed by atoms with Crippen molar-refractivity contribution in [2.24, 2.45) is 0 Å². The maximum Gasteiger partial charge on any atom is 0.339 e. The van der Waals surface area contributed by atoms with Gasteiger partial charge in [0.2, 0.25) is 10.0 Å². The number of ether oxygens (including phenoxy) is 1. The molecule has 0 aromatic carbocycles. The number of aromatic nitrogens is 1. The topological polar surface area (TPSA) is 97.4 Å². The molecular weight excluding hydrogens is 282 g/mol. The van der Waals surface area contributed by atoms with Crippen LogP contribution in [-0.4, -0.2) is 44.8 Å². The summed E-state index contributed by atoms with van der Waals surface area (Å²) < 4.78 is 30.0. The molecular formula is C12H19N3O4S. The van der Waals surface area contributed by atoms with Crippen LogP contribution in [0.4, 0.5) is 5.82 Å². The van der Waals surface area contributed by atoms with Crippen LogP contribution in [0.1, 0.15) is 24.2 Å². The summed E-state index contributed by atoms with van der Waals surface area (Å²) in [6.45, 7) is 4.36. The van der Waals surface area contributed by atoms with E-state index in [1.807, 2.05) is 0 Å². The van der Waals surface area contributed by atoms with Gasteiger partial charge in [0.05, 0.1) is 17.9 Å². The highest BCUT2D eigenvalue weighted by Crippen LogP contribution is 2.06. The molecule has 1 rings (SSSR count). The molecule has 8 heteroatoms. The molecule has 1 heterocycles. The van der Waals surface area contributed by atoms with Crippen LogP contribution in [0.5, 0.6) is 0 Å². The number of nitrogens with one attached hydrogen (secondary N) is 2. The van der Waals surface area contributed by atoms with Crippen molar-refractivity contribution < 1.29 is 17.9 Å². The van der Waals surface area contributed by atoms with Crippen LogP contribution in [0, 0.1) is 0 Å². The van der Waals surface area contributed by atoms with Gasteiger partial charge in [-0.1, -0.05) is 6.92 Å². The number of sulfonamides is 1. The molecule has 0 saturated heterocycles. The first kappa shape index (κ1) is 16.4. The number of nitrogens with zero attached hydrogens (tertiary/aromatic N) is 1. The van der Waals surface area contributed by atoms with E-state index in [9.17, 15) is 13.2 Å². The Hall–Kier alpha value is -1.67. The molecule has 0 fully saturated rings. The lowest BCUT2D eigenvalue weighted by atomic mass is 10.3. The summed E-state index contributed by atoms with van der Waals surface area (Å²) in [5, 5.41) is 2.87. The van der Waals surface area contributed by atoms with Crippen LogP contribution in [0.25, 0.3) is 0 Å². The van der Waals surface area contributed by atoms with Crippen LogP contribution >= 0.6 is 0 Å². The first-order valence-electron chi connectivity index (χ1n) is 6.33. The van der Waals surface area contributed by atoms with Crippen LogP contribution in [0.2, 0.25) is 0 Å². The molecule has 0 atom stereocenters. The molecule has 0 unspecified atom stereocenters. The number of esters is 1. The third-order valence-corrected chi connectivity index (χ3v) is 3.79. The molecule has 20 heavy (non-hydrogen) atoms. The molecule has 0 saturated carbocycles. The minimum atomic E-state index is -3.25. The summed E-state index contributed by atoms with van der Waals surface area (Å²) in [4.78, 5) is 15.4. The van der Waals surface area contributed by atoms with Crippen molar-refractivity contribution in [2.75, 3.05) is 30.8 Å². The zero-order valence-electron chi connectivity index (χ0n) is 11.5. The van der Waals surface area contributed by atoms with Crippen molar-refractivity contribution in [2.45, 2.75) is 13.8 Å². The van der Waals surface area contributed by atoms with Gasteiger partial charge in [-0.3, -0.25) is 0 Å². The highest BCUT2D eigenvalue weighted by atomic mass is 32.2. The largest absolute Gasteiger partial charge is 0.462 e. The van der Waals surface area contributed by atoms with Gasteiger partial charge in [-0.05, 0) is 19.1 Å². The Bertz CT molecular complexity index is 528. The van der Waals surface area contributed by atoms with Crippen molar-refractivity contribution in [3.8, 4) is 0 Å². The Morgan fingerprint density at radius 1 is 1.35 bits per heavy atom. The Balaban J connectivity index is 2.48. The van der Waals surface area contributed by atoms with Crippen LogP contribution in [0.15, 0.2) is 18.3 Å². The number of pyridine rings is 1. The zero-order chi connectivity index (χ0) is 15.0. The SMILES string of the molecule is CCNS(=O)(=O)CCNc1ccc(C(=O)OCC)cn1. The van der Waals surface area contributed by atoms with Gasteiger partial charge in [0.1, 0.15) is 5.82 Å². The van der Waals surface area contributed by atoms with Crippen molar-refractivity contribution in [3.63, 3.8) is 0 Å². The number of rotatable bonds is 8. The fourth-order valence-corrected chi connectivity index (χ4v) is 2.39. The van der Waals surface area contributed by atoms with Gasteiger partial charge >= 0.3 is 5.97 Å². The maximum atomic E-state index is 11.4. The van der Waals surface area contributed by atoms with Gasteiger partial charge < -0.3 is 10.1 Å². The fraction of sp³-hybridized carbons (Fsp3) is 0.500. The van der Waals surface area contributed by atoms with Gasteiger partial charge in [-0.15, -0.1) is 0 Å². The van der Waals surface area contributed by atoms with E-state index < -0.39 is 16.0 Å². The van der Waals surface area contributed by atoms with Gasteiger partial charge in [0.25, 0.3) is 0 Å². The first-order valence-corrected chi connectivity index (χ1v) is 7.98. The second kappa shape index (κ2) is 7.81. The summed E-state index contributed by atoms with van der Waals surface area (Å²) in [5.41, 5.74) is 0.359. The second-order valence-electron chi connectivity index (χ2n) is 3.90. The fourth-order valence-electron chi connectivity index (χ4n) is 1.44. The Morgan fingerprint density at radius 3 is 2.65 bits per heavy atom. The van der Waals surface area contributed by atoms with Crippen LogP contribution < -0.4 is 10.0 Å². The lowest BCUT2D eigenvalue weighted by Crippen LogP contribution is -2.29. The normalized spacial score (nSPS) is 11.1. The minimum absolute atomic E-state index is 0.0395. The predicted octanol–water partition coefficient (Wildman–Crippen LogP) is 0.609. The number of anilines is 1. The van der Waals surface area contributed by atoms with E-state index in [0.717, 1.165) is 0 Å². The van der Waals surface area contributed by atoms with E-state index in [2.05, 4.69) is 15.0 Å². The van der Waals surface area contributed by atoms with Crippen LogP contribution in [0.3, 0.4) is 0 Å². The van der Waals surface area contributed by atoms with Crippen LogP contribution in [-0.2, 0) is 14.8 Å². The summed E-state index contributed by atoms with van der Waals surface area (Å²) in [6, 6.07) is 3.18. The average molecular weight is 301 g/mol. The molecule has 112 valence electrons. The molecule has 0 aliphatic heterocycles. The number of carbonyl (C=O) groups excluding carboxylic acids is 1. The Kier molecular flexibility index (Phi) is 6.40. The molecule has 0 aliphatic rings. The van der Waals surface area contributed by atoms with E-state index in [1.54, 1.807) is 26.0 Å². The highest BCUT2D eigenvalue weighted by molar-refractivity contribution is 7.89. The van der Waals surface area contributed by atoms with Crippen molar-refractivity contribution in [3.05, 3.63) is 23.9 Å². The third kappa shape index (κ3) is 5.54. The van der Waals surface area contributed by atoms with E-state index in [-0.39, 0.29) is 12.3 Å². The smallest absolute Gasteiger partial charge is 0.339 e. The molecule has 0 spiro atoms. The van der Waals surface area contributed by atoms with Crippen molar-refractivity contribution in [1.29, 1.82) is 0 Å². The number of hydrogen-bond donors (Lipinski definition) is 2. The summed E-state index contributed by atoms with van der Waals surface area (Å²) in [5.74, 6) is 0.0355. The van der Waals surface area contributed by atoms with Gasteiger partial charge in [0, 0.05) is 19.3 Å². The number of carbonyl (C=O) groups is 1. The lowest BCUT2D eigenvalue weighted by Gasteiger charge is -2.07. The molecule has 7 nitrogen and oxygen atoms in total. The average Bonchev–Trinajstić information content (AvgIpc) is 2.39. The molecule has 0 bridgehead atoms. The van der Waals surface area contributed by atoms with Gasteiger partial charge in [-0.2, -0.15) is 0 Å². The predicted molar refractivity (Wildman–Crippen MR) is 76.1 cm³/mol. The maximum absolute atomic E-state index is 11.4. The Morgan fingerprint density at radius 2 is 2.10 bits per heavy atom. The molecule has 0 aliphatic carbocycles. The first-order chi connectivity index (χ1) is 9.48. The summed E-state index contributed by atoms with van der Waals surface area (Å²) in [6.07, 6.45) is 1.39. The molecule has 0 radical (unpaired) electrons. The minimum Gasteiger partial charge on any atom is -0.462 e. The highest BCUT2D eigenvalue weighted by Gasteiger charge is 2.09. The molecule has 2 N–H and O–H groups in total. The second-order valence-corrected chi connectivity index (χ2v) is 5.82. The third-order valence-electron chi connectivity index (χ3n) is 2.32. The van der Waals surface area contributed by atoms with Gasteiger partial charge in [0.15, 0.2) is 0 Å². The molecule has 1 aromatic heterocycles. The molecule has 0 amide bonds.